The Morgan fingerprint density at radius 1 is 1.09 bits per heavy atom. The average molecular weight is 467 g/mol. The Kier molecular flexibility index (Phi) is 7.17. The zero-order valence-corrected chi connectivity index (χ0v) is 19.4. The van der Waals surface area contributed by atoms with Crippen molar-refractivity contribution in [3.05, 3.63) is 59.7 Å². The van der Waals surface area contributed by atoms with Crippen LogP contribution in [0.2, 0.25) is 0 Å². The van der Waals surface area contributed by atoms with E-state index in [2.05, 4.69) is 29.6 Å². The second-order valence-electron chi connectivity index (χ2n) is 8.80. The minimum Gasteiger partial charge on any atom is -0.481 e. The fourth-order valence-electron chi connectivity index (χ4n) is 4.95. The van der Waals surface area contributed by atoms with Crippen molar-refractivity contribution >= 4 is 18.0 Å². The highest BCUT2D eigenvalue weighted by Gasteiger charge is 2.39. The van der Waals surface area contributed by atoms with Crippen LogP contribution >= 0.6 is 0 Å². The summed E-state index contributed by atoms with van der Waals surface area (Å²) in [5, 5.41) is 12.1. The van der Waals surface area contributed by atoms with Crippen molar-refractivity contribution in [3.63, 3.8) is 0 Å². The fraction of sp³-hybridized carbons (Fsp3) is 0.423. The van der Waals surface area contributed by atoms with Gasteiger partial charge in [0.2, 0.25) is 5.91 Å². The molecule has 1 aliphatic heterocycles. The second-order valence-corrected chi connectivity index (χ2v) is 8.80. The largest absolute Gasteiger partial charge is 0.481 e. The number of hydrogen-bond donors (Lipinski definition) is 2. The molecule has 2 amide bonds. The predicted molar refractivity (Wildman–Crippen MR) is 125 cm³/mol. The van der Waals surface area contributed by atoms with Crippen molar-refractivity contribution in [2.24, 2.45) is 5.92 Å². The number of alkyl carbamates (subject to hydrolysis) is 1. The number of nitrogens with zero attached hydrogens (tertiary/aromatic N) is 1. The van der Waals surface area contributed by atoms with E-state index in [-0.39, 0.29) is 38.1 Å². The summed E-state index contributed by atoms with van der Waals surface area (Å²) >= 11 is 0. The molecule has 180 valence electrons. The molecule has 4 rings (SSSR count). The number of aliphatic carboxylic acids is 1. The number of carbonyl (C=O) groups is 3. The Bertz CT molecular complexity index is 1030. The maximum atomic E-state index is 12.8. The number of carboxylic acids is 1. The zero-order chi connectivity index (χ0) is 24.2. The van der Waals surface area contributed by atoms with Gasteiger partial charge in [0.1, 0.15) is 12.5 Å². The molecule has 1 saturated heterocycles. The highest BCUT2D eigenvalue weighted by atomic mass is 16.5. The third-order valence-electron chi connectivity index (χ3n) is 6.62. The SMILES string of the molecule is CCN(C(=O)CC(C)NC(=O)OCC1c2ccccc2-c2ccccc21)C1COCC1C(=O)O. The highest BCUT2D eigenvalue weighted by molar-refractivity contribution is 5.80. The molecule has 3 unspecified atom stereocenters. The molecular weight excluding hydrogens is 436 g/mol. The molecule has 0 spiro atoms. The summed E-state index contributed by atoms with van der Waals surface area (Å²) in [5.41, 5.74) is 4.57. The first-order valence-electron chi connectivity index (χ1n) is 11.6. The summed E-state index contributed by atoms with van der Waals surface area (Å²) in [7, 11) is 0. The Hall–Kier alpha value is -3.39. The Morgan fingerprint density at radius 2 is 1.71 bits per heavy atom. The Balaban J connectivity index is 1.32. The lowest BCUT2D eigenvalue weighted by Gasteiger charge is -2.30. The van der Waals surface area contributed by atoms with Gasteiger partial charge in [-0.25, -0.2) is 4.79 Å². The van der Waals surface area contributed by atoms with Gasteiger partial charge in [-0.2, -0.15) is 0 Å². The normalized spacial score (nSPS) is 19.7. The van der Waals surface area contributed by atoms with Crippen molar-refractivity contribution in [2.45, 2.75) is 38.3 Å². The summed E-state index contributed by atoms with van der Waals surface area (Å²) in [6, 6.07) is 15.2. The van der Waals surface area contributed by atoms with Gasteiger partial charge in [-0.1, -0.05) is 48.5 Å². The van der Waals surface area contributed by atoms with Gasteiger partial charge in [0.15, 0.2) is 0 Å². The van der Waals surface area contributed by atoms with E-state index < -0.39 is 30.1 Å². The average Bonchev–Trinajstić information content (AvgIpc) is 3.41. The molecule has 2 aromatic carbocycles. The molecule has 8 nitrogen and oxygen atoms in total. The Labute approximate surface area is 198 Å². The van der Waals surface area contributed by atoms with Crippen LogP contribution in [0.25, 0.3) is 11.1 Å². The first kappa shape index (κ1) is 23.8. The number of carbonyl (C=O) groups excluding carboxylic acids is 2. The molecule has 1 fully saturated rings. The second kappa shape index (κ2) is 10.3. The molecule has 0 aromatic heterocycles. The maximum Gasteiger partial charge on any atom is 0.407 e. The number of hydrogen-bond acceptors (Lipinski definition) is 5. The molecule has 3 atom stereocenters. The van der Waals surface area contributed by atoms with Crippen molar-refractivity contribution < 1.29 is 29.0 Å². The quantitative estimate of drug-likeness (QED) is 0.619. The summed E-state index contributed by atoms with van der Waals surface area (Å²) < 4.78 is 10.9. The van der Waals surface area contributed by atoms with Crippen LogP contribution in [-0.4, -0.2) is 66.4 Å². The number of nitrogens with one attached hydrogen (secondary N) is 1. The van der Waals surface area contributed by atoms with Gasteiger partial charge in [-0.15, -0.1) is 0 Å². The van der Waals surface area contributed by atoms with Crippen LogP contribution in [0.15, 0.2) is 48.5 Å². The molecule has 1 aliphatic carbocycles. The van der Waals surface area contributed by atoms with Gasteiger partial charge in [0.25, 0.3) is 0 Å². The zero-order valence-electron chi connectivity index (χ0n) is 19.4. The number of carboxylic acid groups (broad SMARTS) is 1. The van der Waals surface area contributed by atoms with E-state index in [4.69, 9.17) is 9.47 Å². The molecular formula is C26H30N2O6. The smallest absolute Gasteiger partial charge is 0.407 e. The monoisotopic (exact) mass is 466 g/mol. The summed E-state index contributed by atoms with van der Waals surface area (Å²) in [4.78, 5) is 38.3. The molecule has 2 aliphatic rings. The molecule has 0 bridgehead atoms. The lowest BCUT2D eigenvalue weighted by atomic mass is 9.98. The molecule has 34 heavy (non-hydrogen) atoms. The van der Waals surface area contributed by atoms with Gasteiger partial charge < -0.3 is 24.8 Å². The first-order valence-corrected chi connectivity index (χ1v) is 11.6. The van der Waals surface area contributed by atoms with Crippen LogP contribution in [0.5, 0.6) is 0 Å². The summed E-state index contributed by atoms with van der Waals surface area (Å²) in [6.45, 7) is 4.39. The number of likely N-dealkylation sites (N-methyl/N-ethyl adjacent to an activating group) is 1. The first-order chi connectivity index (χ1) is 16.4. The van der Waals surface area contributed by atoms with Crippen LogP contribution in [0.3, 0.4) is 0 Å². The van der Waals surface area contributed by atoms with E-state index in [1.807, 2.05) is 24.3 Å². The van der Waals surface area contributed by atoms with E-state index >= 15 is 0 Å². The fourth-order valence-corrected chi connectivity index (χ4v) is 4.95. The molecule has 1 heterocycles. The van der Waals surface area contributed by atoms with Crippen molar-refractivity contribution in [3.8, 4) is 11.1 Å². The third kappa shape index (κ3) is 4.77. The molecule has 2 aromatic rings. The van der Waals surface area contributed by atoms with Crippen LogP contribution in [0, 0.1) is 5.92 Å². The predicted octanol–water partition coefficient (Wildman–Crippen LogP) is 3.25. The van der Waals surface area contributed by atoms with Crippen LogP contribution in [0.4, 0.5) is 4.79 Å². The van der Waals surface area contributed by atoms with Gasteiger partial charge >= 0.3 is 12.1 Å². The van der Waals surface area contributed by atoms with Gasteiger partial charge in [-0.3, -0.25) is 9.59 Å². The van der Waals surface area contributed by atoms with Gasteiger partial charge in [-0.05, 0) is 36.1 Å². The van der Waals surface area contributed by atoms with Crippen LogP contribution < -0.4 is 5.32 Å². The summed E-state index contributed by atoms with van der Waals surface area (Å²) in [6.07, 6.45) is -0.543. The summed E-state index contributed by atoms with van der Waals surface area (Å²) in [5.74, 6) is -1.98. The van der Waals surface area contributed by atoms with Crippen molar-refractivity contribution in [1.29, 1.82) is 0 Å². The van der Waals surface area contributed by atoms with E-state index in [1.165, 1.54) is 4.90 Å². The minimum atomic E-state index is -0.974. The van der Waals surface area contributed by atoms with E-state index in [1.54, 1.807) is 13.8 Å². The number of benzene rings is 2. The lowest BCUT2D eigenvalue weighted by Crippen LogP contribution is -2.48. The lowest BCUT2D eigenvalue weighted by molar-refractivity contribution is -0.145. The van der Waals surface area contributed by atoms with E-state index in [0.29, 0.717) is 6.54 Å². The van der Waals surface area contributed by atoms with Crippen LogP contribution in [-0.2, 0) is 19.1 Å². The van der Waals surface area contributed by atoms with E-state index in [0.717, 1.165) is 22.3 Å². The van der Waals surface area contributed by atoms with Crippen LogP contribution in [0.1, 0.15) is 37.3 Å². The molecule has 0 saturated carbocycles. The number of rotatable bonds is 8. The number of fused-ring (bicyclic) bond motifs is 3. The highest BCUT2D eigenvalue weighted by Crippen LogP contribution is 2.44. The maximum absolute atomic E-state index is 12.8. The van der Waals surface area contributed by atoms with Gasteiger partial charge in [0.05, 0.1) is 19.3 Å². The molecule has 2 N–H and O–H groups in total. The van der Waals surface area contributed by atoms with E-state index in [9.17, 15) is 19.5 Å². The van der Waals surface area contributed by atoms with Crippen molar-refractivity contribution in [2.75, 3.05) is 26.4 Å². The number of amides is 2. The third-order valence-corrected chi connectivity index (χ3v) is 6.62. The standard InChI is InChI=1S/C26H30N2O6/c1-3-28(23-15-33-13-22(23)25(30)31)24(29)12-16(2)27-26(32)34-14-21-19-10-6-4-8-17(19)18-9-5-7-11-20(18)21/h4-11,16,21-23H,3,12-15H2,1-2H3,(H,27,32)(H,30,31). The molecule has 0 radical (unpaired) electrons. The van der Waals surface area contributed by atoms with Gasteiger partial charge in [0, 0.05) is 24.9 Å². The number of ether oxygens (including phenoxy) is 2. The Morgan fingerprint density at radius 3 is 2.29 bits per heavy atom. The topological polar surface area (TPSA) is 105 Å². The molecule has 8 heteroatoms. The minimum absolute atomic E-state index is 0.0408. The van der Waals surface area contributed by atoms with Crippen molar-refractivity contribution in [1.82, 2.24) is 10.2 Å².